The third-order valence-electron chi connectivity index (χ3n) is 4.36. The molecule has 1 unspecified atom stereocenters. The minimum absolute atomic E-state index is 0.0383. The topological polar surface area (TPSA) is 49.4 Å². The zero-order chi connectivity index (χ0) is 19.8. The normalized spacial score (nSPS) is 16.2. The maximum Gasteiger partial charge on any atom is 0.416 e. The van der Waals surface area contributed by atoms with Crippen LogP contribution in [0.15, 0.2) is 42.5 Å². The molecule has 0 spiro atoms. The summed E-state index contributed by atoms with van der Waals surface area (Å²) in [7, 11) is 0. The van der Waals surface area contributed by atoms with Crippen LogP contribution in [0.1, 0.15) is 24.5 Å². The number of carbonyl (C=O) groups is 2. The lowest BCUT2D eigenvalue weighted by atomic mass is 10.1. The van der Waals surface area contributed by atoms with Crippen molar-refractivity contribution in [3.63, 3.8) is 0 Å². The highest BCUT2D eigenvalue weighted by atomic mass is 35.5. The van der Waals surface area contributed by atoms with E-state index in [-0.39, 0.29) is 16.8 Å². The number of benzene rings is 2. The number of nitrogens with one attached hydrogen (secondary N) is 1. The molecule has 4 nitrogen and oxygen atoms in total. The van der Waals surface area contributed by atoms with Crippen LogP contribution in [0.2, 0.25) is 5.02 Å². The van der Waals surface area contributed by atoms with Crippen LogP contribution in [0.25, 0.3) is 0 Å². The van der Waals surface area contributed by atoms with Crippen LogP contribution >= 0.6 is 11.6 Å². The summed E-state index contributed by atoms with van der Waals surface area (Å²) < 4.78 is 38.5. The Morgan fingerprint density at radius 3 is 2.63 bits per heavy atom. The number of halogens is 4. The second kappa shape index (κ2) is 7.23. The lowest BCUT2D eigenvalue weighted by Crippen LogP contribution is -2.37. The number of para-hydroxylation sites is 1. The third-order valence-corrected chi connectivity index (χ3v) is 4.69. The molecular weight excluding hydrogens is 381 g/mol. The molecule has 142 valence electrons. The van der Waals surface area contributed by atoms with Gasteiger partial charge in [0.05, 0.1) is 16.3 Å². The summed E-state index contributed by atoms with van der Waals surface area (Å²) in [6.07, 6.45) is -4.37. The lowest BCUT2D eigenvalue weighted by Gasteiger charge is -2.22. The first-order chi connectivity index (χ1) is 12.7. The number of rotatable bonds is 3. The average Bonchev–Trinajstić information content (AvgIpc) is 2.91. The molecule has 0 radical (unpaired) electrons. The molecule has 2 aromatic carbocycles. The molecule has 0 aliphatic carbocycles. The monoisotopic (exact) mass is 396 g/mol. The average molecular weight is 397 g/mol. The summed E-state index contributed by atoms with van der Waals surface area (Å²) in [5.74, 6) is -1.15. The number of carbonyl (C=O) groups excluding carboxylic acids is 2. The second-order valence-electron chi connectivity index (χ2n) is 6.36. The minimum atomic E-state index is -4.56. The first-order valence-corrected chi connectivity index (χ1v) is 8.61. The lowest BCUT2D eigenvalue weighted by molar-refractivity contribution is -0.137. The highest BCUT2D eigenvalue weighted by Gasteiger charge is 2.33. The predicted molar refractivity (Wildman–Crippen MR) is 96.8 cm³/mol. The smallest absolute Gasteiger partial charge is 0.324 e. The fourth-order valence-electron chi connectivity index (χ4n) is 3.16. The molecule has 1 heterocycles. The summed E-state index contributed by atoms with van der Waals surface area (Å²) in [5, 5.41) is 2.26. The van der Waals surface area contributed by atoms with Crippen molar-refractivity contribution in [3.05, 3.63) is 58.6 Å². The fraction of sp³-hybridized carbons (Fsp3) is 0.263. The van der Waals surface area contributed by atoms with Gasteiger partial charge in [0, 0.05) is 11.7 Å². The summed E-state index contributed by atoms with van der Waals surface area (Å²) in [5.41, 5.74) is 0.648. The van der Waals surface area contributed by atoms with E-state index in [9.17, 15) is 22.8 Å². The molecule has 8 heteroatoms. The Bertz CT molecular complexity index is 899. The Morgan fingerprint density at radius 1 is 1.22 bits per heavy atom. The molecule has 2 aromatic rings. The van der Waals surface area contributed by atoms with E-state index in [2.05, 4.69) is 5.32 Å². The molecule has 1 aliphatic heterocycles. The van der Waals surface area contributed by atoms with E-state index >= 15 is 0 Å². The van der Waals surface area contributed by atoms with E-state index in [1.807, 2.05) is 19.1 Å². The Labute approximate surface area is 158 Å². The number of amides is 2. The zero-order valence-corrected chi connectivity index (χ0v) is 15.1. The molecule has 3 rings (SSSR count). The van der Waals surface area contributed by atoms with Crippen molar-refractivity contribution in [2.24, 2.45) is 0 Å². The molecule has 0 bridgehead atoms. The number of fused-ring (bicyclic) bond motifs is 1. The predicted octanol–water partition coefficient (Wildman–Crippen LogP) is 4.67. The molecule has 2 amide bonds. The number of nitrogens with zero attached hydrogens (tertiary/aromatic N) is 1. The SMILES string of the molecule is CC1Cc2ccccc2N1C(=O)CC(=O)Nc1cc(C(F)(F)F)ccc1Cl. The van der Waals surface area contributed by atoms with Crippen molar-refractivity contribution in [3.8, 4) is 0 Å². The molecule has 27 heavy (non-hydrogen) atoms. The number of hydrogen-bond donors (Lipinski definition) is 1. The van der Waals surface area contributed by atoms with Crippen molar-refractivity contribution < 1.29 is 22.8 Å². The van der Waals surface area contributed by atoms with E-state index in [1.165, 1.54) is 0 Å². The van der Waals surface area contributed by atoms with Gasteiger partial charge >= 0.3 is 6.18 Å². The molecule has 0 aromatic heterocycles. The van der Waals surface area contributed by atoms with Gasteiger partial charge in [-0.05, 0) is 43.2 Å². The molecule has 1 N–H and O–H groups in total. The van der Waals surface area contributed by atoms with Gasteiger partial charge in [-0.25, -0.2) is 0 Å². The molecule has 0 saturated heterocycles. The van der Waals surface area contributed by atoms with E-state index in [4.69, 9.17) is 11.6 Å². The maximum atomic E-state index is 12.8. The Kier molecular flexibility index (Phi) is 5.15. The molecule has 1 atom stereocenters. The summed E-state index contributed by atoms with van der Waals surface area (Å²) >= 11 is 5.87. The first kappa shape index (κ1) is 19.2. The summed E-state index contributed by atoms with van der Waals surface area (Å²) in [4.78, 5) is 26.3. The van der Waals surface area contributed by atoms with E-state index in [0.29, 0.717) is 6.42 Å². The van der Waals surface area contributed by atoms with Gasteiger partial charge in [-0.2, -0.15) is 13.2 Å². The van der Waals surface area contributed by atoms with Crippen LogP contribution in [0.5, 0.6) is 0 Å². The maximum absolute atomic E-state index is 12.8. The fourth-order valence-corrected chi connectivity index (χ4v) is 3.32. The number of hydrogen-bond acceptors (Lipinski definition) is 2. The summed E-state index contributed by atoms with van der Waals surface area (Å²) in [6.45, 7) is 1.87. The molecule has 0 fully saturated rings. The van der Waals surface area contributed by atoms with Crippen molar-refractivity contribution in [2.45, 2.75) is 32.0 Å². The third kappa shape index (κ3) is 4.08. The largest absolute Gasteiger partial charge is 0.416 e. The first-order valence-electron chi connectivity index (χ1n) is 8.23. The van der Waals surface area contributed by atoms with Gasteiger partial charge in [-0.1, -0.05) is 29.8 Å². The molecular formula is C19H16ClF3N2O2. The minimum Gasteiger partial charge on any atom is -0.324 e. The molecule has 0 saturated carbocycles. The van der Waals surface area contributed by atoms with Crippen molar-refractivity contribution in [2.75, 3.05) is 10.2 Å². The number of alkyl halides is 3. The molecule has 1 aliphatic rings. The Balaban J connectivity index is 1.72. The number of anilines is 2. The Hall–Kier alpha value is -2.54. The van der Waals surface area contributed by atoms with Crippen molar-refractivity contribution in [1.82, 2.24) is 0 Å². The van der Waals surface area contributed by atoms with Crippen LogP contribution in [0.4, 0.5) is 24.5 Å². The van der Waals surface area contributed by atoms with Gasteiger partial charge in [0.1, 0.15) is 6.42 Å². The highest BCUT2D eigenvalue weighted by molar-refractivity contribution is 6.33. The van der Waals surface area contributed by atoms with Gasteiger partial charge in [-0.3, -0.25) is 9.59 Å². The van der Waals surface area contributed by atoms with Crippen LogP contribution in [0, 0.1) is 0 Å². The van der Waals surface area contributed by atoms with E-state index in [1.54, 1.807) is 17.0 Å². The van der Waals surface area contributed by atoms with Crippen LogP contribution in [-0.4, -0.2) is 17.9 Å². The van der Waals surface area contributed by atoms with Crippen molar-refractivity contribution in [1.29, 1.82) is 0 Å². The van der Waals surface area contributed by atoms with Crippen LogP contribution in [-0.2, 0) is 22.2 Å². The standard InChI is InChI=1S/C19H16ClF3N2O2/c1-11-8-12-4-2-3-5-16(12)25(11)18(27)10-17(26)24-15-9-13(19(21,22)23)6-7-14(15)20/h2-7,9,11H,8,10H2,1H3,(H,24,26). The van der Waals surface area contributed by atoms with Crippen molar-refractivity contribution >= 4 is 34.8 Å². The summed E-state index contributed by atoms with van der Waals surface area (Å²) in [6, 6.07) is 9.94. The quantitative estimate of drug-likeness (QED) is 0.767. The Morgan fingerprint density at radius 2 is 1.93 bits per heavy atom. The highest BCUT2D eigenvalue weighted by Crippen LogP contribution is 2.34. The van der Waals surface area contributed by atoms with E-state index in [0.717, 1.165) is 29.4 Å². The van der Waals surface area contributed by atoms with Gasteiger partial charge in [0.25, 0.3) is 0 Å². The van der Waals surface area contributed by atoms with Gasteiger partial charge in [0.15, 0.2) is 0 Å². The van der Waals surface area contributed by atoms with Crippen LogP contribution in [0.3, 0.4) is 0 Å². The zero-order valence-electron chi connectivity index (χ0n) is 14.3. The van der Waals surface area contributed by atoms with E-state index < -0.39 is 30.0 Å². The van der Waals surface area contributed by atoms with Gasteiger partial charge in [-0.15, -0.1) is 0 Å². The van der Waals surface area contributed by atoms with Gasteiger partial charge in [0.2, 0.25) is 11.8 Å². The van der Waals surface area contributed by atoms with Gasteiger partial charge < -0.3 is 10.2 Å². The van der Waals surface area contributed by atoms with Crippen LogP contribution < -0.4 is 10.2 Å². The second-order valence-corrected chi connectivity index (χ2v) is 6.77.